The molecule has 0 aliphatic heterocycles. The van der Waals surface area contributed by atoms with E-state index in [0.29, 0.717) is 0 Å². The van der Waals surface area contributed by atoms with Crippen LogP contribution in [0.2, 0.25) is 0 Å². The van der Waals surface area contributed by atoms with Gasteiger partial charge in [-0.2, -0.15) is 0 Å². The zero-order valence-electron chi connectivity index (χ0n) is 55.1. The maximum atomic E-state index is 9.58. The topological polar surface area (TPSA) is 13.1 Å². The number of hydrogen-bond acceptors (Lipinski definition) is 1. The van der Waals surface area contributed by atoms with Gasteiger partial charge in [0.15, 0.2) is 0 Å². The van der Waals surface area contributed by atoms with Gasteiger partial charge in [0.25, 0.3) is 0 Å². The Morgan fingerprint density at radius 1 is 0.380 bits per heavy atom. The van der Waals surface area contributed by atoms with E-state index >= 15 is 0 Å². The summed E-state index contributed by atoms with van der Waals surface area (Å²) in [6.45, 7) is 0. The molecular formula is C49H32O. The summed E-state index contributed by atoms with van der Waals surface area (Å²) in [6, 6.07) is -26.9. The van der Waals surface area contributed by atoms with Gasteiger partial charge in [0.05, 0.1) is 41.1 Å². The van der Waals surface area contributed by atoms with Crippen LogP contribution in [0.15, 0.2) is 186 Å². The smallest absolute Gasteiger partial charge is 0.143 e. The summed E-state index contributed by atoms with van der Waals surface area (Å²) >= 11 is 0. The fraction of sp³-hybridized carbons (Fsp3) is 0.0204. The highest BCUT2D eigenvalue weighted by molar-refractivity contribution is 6.16. The third-order valence-electron chi connectivity index (χ3n) is 8.07. The first-order valence-corrected chi connectivity index (χ1v) is 14.9. The molecule has 0 spiro atoms. The lowest BCUT2D eigenvalue weighted by Gasteiger charge is -2.18. The monoisotopic (exact) mass is 666 g/mol. The second-order valence-corrected chi connectivity index (χ2v) is 10.9. The molecule has 0 unspecified atom stereocenters. The van der Waals surface area contributed by atoms with Gasteiger partial charge in [-0.25, -0.2) is 0 Å². The molecule has 0 aliphatic rings. The van der Waals surface area contributed by atoms with Crippen LogP contribution in [0.25, 0.3) is 87.6 Å². The summed E-state index contributed by atoms with van der Waals surface area (Å²) in [5, 5.41) is -4.26. The first kappa shape index (κ1) is 11.6. The molecule has 1 heterocycles. The van der Waals surface area contributed by atoms with Crippen LogP contribution >= 0.6 is 0 Å². The largest absolute Gasteiger partial charge is 0.455 e. The Morgan fingerprint density at radius 3 is 1.72 bits per heavy atom. The highest BCUT2D eigenvalue weighted by Gasteiger charge is 2.17. The minimum Gasteiger partial charge on any atom is -0.455 e. The first-order valence-electron chi connectivity index (χ1n) is 29.9. The molecular weight excluding hydrogens is 605 g/mol. The number of rotatable bonds is 5. The van der Waals surface area contributed by atoms with Crippen LogP contribution in [-0.2, 0) is 6.42 Å². The first-order chi connectivity index (χ1) is 37.3. The van der Waals surface area contributed by atoms with Gasteiger partial charge < -0.3 is 4.42 Å². The number of hydrogen-bond donors (Lipinski definition) is 0. The Morgan fingerprint density at radius 2 is 0.960 bits per heavy atom. The predicted octanol–water partition coefficient (Wildman–Crippen LogP) is 13.6. The van der Waals surface area contributed by atoms with Crippen molar-refractivity contribution < 1.29 is 45.5 Å². The average molecular weight is 667 g/mol. The van der Waals surface area contributed by atoms with Crippen molar-refractivity contribution in [2.45, 2.75) is 6.42 Å². The molecule has 0 fully saturated rings. The minimum absolute atomic E-state index is 0.378. The maximum absolute atomic E-state index is 9.58. The molecule has 0 bridgehead atoms. The molecule has 0 N–H and O–H groups in total. The van der Waals surface area contributed by atoms with Gasteiger partial charge in [0.1, 0.15) is 11.2 Å². The summed E-state index contributed by atoms with van der Waals surface area (Å²) in [4.78, 5) is 0. The molecule has 1 aromatic heterocycles. The Balaban J connectivity index is 1.31. The van der Waals surface area contributed by atoms with Gasteiger partial charge in [-0.05, 0) is 102 Å². The van der Waals surface area contributed by atoms with Crippen molar-refractivity contribution in [2.24, 2.45) is 0 Å². The zero-order valence-corrected chi connectivity index (χ0v) is 25.1. The van der Waals surface area contributed by atoms with Crippen LogP contribution in [0.4, 0.5) is 0 Å². The summed E-state index contributed by atoms with van der Waals surface area (Å²) in [5.74, 6) is 0. The van der Waals surface area contributed by atoms with E-state index in [9.17, 15) is 15.1 Å². The number of furan rings is 1. The summed E-state index contributed by atoms with van der Waals surface area (Å²) in [7, 11) is 0. The Labute approximate surface area is 332 Å². The van der Waals surface area contributed by atoms with Crippen LogP contribution in [0, 0.1) is 0 Å². The molecule has 0 saturated heterocycles. The lowest BCUT2D eigenvalue weighted by Crippen LogP contribution is -1.95. The maximum Gasteiger partial charge on any atom is 0.143 e. The molecule has 0 aliphatic carbocycles. The van der Waals surface area contributed by atoms with E-state index in [1.54, 1.807) is 0 Å². The zero-order chi connectivity index (χ0) is 59.1. The molecule has 234 valence electrons. The molecule has 0 radical (unpaired) electrons. The van der Waals surface area contributed by atoms with E-state index < -0.39 is 281 Å². The summed E-state index contributed by atoms with van der Waals surface area (Å²) < 4.78 is 274. The van der Waals surface area contributed by atoms with Gasteiger partial charge in [0, 0.05) is 16.2 Å². The standard InChI is InChI=1S/C49H32O/c1-2-11-33(12-3-1)36-14-10-15-38(30-36)48-42-19-8-6-17-40(42)45(41-18-7-9-20-43(41)48)29-32-21-23-34(24-22-32)37-26-28-47-46(31-37)44-27-25-35-13-4-5-16-39(35)49(44)50-47/h1-28,30-31H,29H2/i1D,2D,3D,4D,5D,6D,7D,8D,9D,10D,11D,12D,13D,14D,15D,16D,17D,18D,19D,20D,21D,22D,23D,24D,25D,26D,27D,28D,30D,31D. The van der Waals surface area contributed by atoms with E-state index in [1.165, 1.54) is 0 Å². The fourth-order valence-corrected chi connectivity index (χ4v) is 5.86. The Kier molecular flexibility index (Phi) is 2.69. The molecule has 1 nitrogen and oxygen atoms in total. The molecule has 0 amide bonds. The summed E-state index contributed by atoms with van der Waals surface area (Å²) in [5.41, 5.74) is -6.71. The van der Waals surface area contributed by atoms with Crippen molar-refractivity contribution in [1.29, 1.82) is 0 Å². The van der Waals surface area contributed by atoms with Crippen LogP contribution in [0.1, 0.15) is 52.2 Å². The molecule has 9 aromatic carbocycles. The molecule has 50 heavy (non-hydrogen) atoms. The normalized spacial score (nSPS) is 20.1. The third kappa shape index (κ3) is 4.70. The molecule has 0 saturated carbocycles. The highest BCUT2D eigenvalue weighted by Crippen LogP contribution is 2.41. The van der Waals surface area contributed by atoms with E-state index in [0.717, 1.165) is 0 Å². The predicted molar refractivity (Wildman–Crippen MR) is 212 cm³/mol. The SMILES string of the molecule is [2H]c1c([2H])c([2H])c(-c2c([2H])c([2H])c([2H])c(-c3c4c([2H])c([2H])c([2H])c([2H])c4c(Cc4c([2H])c([2H])c(-c5c([2H])c([2H])c6oc7c8c([2H])c([2H])c([2H])c([2H])c8c([2H])c([2H])c7c6c5[2H])c([2H])c4[2H])c4c([2H])c([2H])c([2H])c([2H])c34)c2[2H])c([2H])c1[2H]. The van der Waals surface area contributed by atoms with Crippen molar-refractivity contribution in [3.8, 4) is 33.4 Å². The molecule has 10 aromatic rings. The third-order valence-corrected chi connectivity index (χ3v) is 8.07. The van der Waals surface area contributed by atoms with Gasteiger partial charge in [-0.3, -0.25) is 0 Å². The second kappa shape index (κ2) is 11.6. The molecule has 0 atom stereocenters. The minimum atomic E-state index is -1.04. The van der Waals surface area contributed by atoms with Crippen molar-refractivity contribution in [1.82, 2.24) is 0 Å². The average Bonchev–Trinajstić information content (AvgIpc) is 3.85. The Bertz CT molecular complexity index is 4480. The van der Waals surface area contributed by atoms with Crippen molar-refractivity contribution in [3.63, 3.8) is 0 Å². The summed E-state index contributed by atoms with van der Waals surface area (Å²) in [6.07, 6.45) is -0.971. The highest BCUT2D eigenvalue weighted by atomic mass is 16.3. The lowest BCUT2D eigenvalue weighted by molar-refractivity contribution is 0.672. The van der Waals surface area contributed by atoms with E-state index in [1.807, 2.05) is 0 Å². The van der Waals surface area contributed by atoms with E-state index in [-0.39, 0.29) is 5.39 Å². The Hall–Kier alpha value is -6.44. The molecule has 10 rings (SSSR count). The van der Waals surface area contributed by atoms with Crippen LogP contribution in [0.5, 0.6) is 0 Å². The van der Waals surface area contributed by atoms with Crippen LogP contribution in [-0.4, -0.2) is 0 Å². The number of benzene rings is 9. The van der Waals surface area contributed by atoms with Crippen LogP contribution in [0.3, 0.4) is 0 Å². The van der Waals surface area contributed by atoms with E-state index in [2.05, 4.69) is 0 Å². The van der Waals surface area contributed by atoms with E-state index in [4.69, 9.17) is 30.5 Å². The lowest BCUT2D eigenvalue weighted by atomic mass is 9.85. The van der Waals surface area contributed by atoms with Crippen molar-refractivity contribution in [3.05, 3.63) is 192 Å². The van der Waals surface area contributed by atoms with Gasteiger partial charge in [0.2, 0.25) is 0 Å². The van der Waals surface area contributed by atoms with Gasteiger partial charge in [-0.15, -0.1) is 0 Å². The van der Waals surface area contributed by atoms with Gasteiger partial charge in [-0.1, -0.05) is 157 Å². The van der Waals surface area contributed by atoms with Crippen LogP contribution < -0.4 is 0 Å². The van der Waals surface area contributed by atoms with Crippen molar-refractivity contribution >= 4 is 54.3 Å². The van der Waals surface area contributed by atoms with Gasteiger partial charge >= 0.3 is 0 Å². The molecule has 1 heteroatoms. The number of fused-ring (bicyclic) bond motifs is 7. The second-order valence-electron chi connectivity index (χ2n) is 10.9. The fourth-order valence-electron chi connectivity index (χ4n) is 5.86. The van der Waals surface area contributed by atoms with Crippen molar-refractivity contribution in [2.75, 3.05) is 0 Å². The quantitative estimate of drug-likeness (QED) is 0.167.